The van der Waals surface area contributed by atoms with Crippen LogP contribution in [0.5, 0.6) is 0 Å². The average Bonchev–Trinajstić information content (AvgIpc) is 3.19. The summed E-state index contributed by atoms with van der Waals surface area (Å²) in [6.07, 6.45) is 3.28. The van der Waals surface area contributed by atoms with E-state index in [2.05, 4.69) is 12.2 Å². The highest BCUT2D eigenvalue weighted by Crippen LogP contribution is 2.43. The van der Waals surface area contributed by atoms with Gasteiger partial charge in [-0.3, -0.25) is 14.5 Å². The Morgan fingerprint density at radius 1 is 1.09 bits per heavy atom. The molecule has 4 rings (SSSR count). The molecule has 164 valence electrons. The van der Waals surface area contributed by atoms with Gasteiger partial charge in [0.1, 0.15) is 11.2 Å². The summed E-state index contributed by atoms with van der Waals surface area (Å²) in [5.74, 6) is -0.479. The number of thioether (sulfide) groups is 1. The van der Waals surface area contributed by atoms with Crippen molar-refractivity contribution in [1.29, 1.82) is 0 Å². The lowest BCUT2D eigenvalue weighted by Gasteiger charge is -2.25. The zero-order chi connectivity index (χ0) is 22.5. The fraction of sp³-hybridized carbons (Fsp3) is 0.231. The summed E-state index contributed by atoms with van der Waals surface area (Å²) in [6.45, 7) is 2.16. The van der Waals surface area contributed by atoms with Gasteiger partial charge in [-0.25, -0.2) is 4.39 Å². The lowest BCUT2D eigenvalue weighted by molar-refractivity contribution is -0.115. The highest BCUT2D eigenvalue weighted by atomic mass is 32.2. The molecule has 0 unspecified atom stereocenters. The summed E-state index contributed by atoms with van der Waals surface area (Å²) in [4.78, 5) is 26.7. The highest BCUT2D eigenvalue weighted by molar-refractivity contribution is 8.00. The number of nitrogens with one attached hydrogen (secondary N) is 1. The smallest absolute Gasteiger partial charge is 0.255 e. The number of rotatable bonds is 7. The molecule has 0 saturated carbocycles. The normalized spacial score (nSPS) is 15.8. The Labute approximate surface area is 191 Å². The minimum absolute atomic E-state index is 0.136. The summed E-state index contributed by atoms with van der Waals surface area (Å²) < 4.78 is 14.4. The Kier molecular flexibility index (Phi) is 6.90. The van der Waals surface area contributed by atoms with Crippen LogP contribution in [0.4, 0.5) is 15.8 Å². The molecule has 1 heterocycles. The van der Waals surface area contributed by atoms with E-state index in [0.29, 0.717) is 11.3 Å². The van der Waals surface area contributed by atoms with Crippen LogP contribution in [0.2, 0.25) is 0 Å². The molecule has 1 atom stereocenters. The Morgan fingerprint density at radius 2 is 1.88 bits per heavy atom. The first-order valence-electron chi connectivity index (χ1n) is 10.7. The van der Waals surface area contributed by atoms with Crippen molar-refractivity contribution in [1.82, 2.24) is 0 Å². The van der Waals surface area contributed by atoms with E-state index in [1.54, 1.807) is 18.2 Å². The lowest BCUT2D eigenvalue weighted by atomic mass is 10.1. The first-order valence-corrected chi connectivity index (χ1v) is 11.8. The van der Waals surface area contributed by atoms with Gasteiger partial charge in [-0.15, -0.1) is 11.8 Å². The number of benzene rings is 3. The number of halogens is 1. The minimum atomic E-state index is -0.430. The number of para-hydroxylation sites is 1. The Morgan fingerprint density at radius 3 is 2.62 bits per heavy atom. The third-order valence-corrected chi connectivity index (χ3v) is 6.66. The van der Waals surface area contributed by atoms with Gasteiger partial charge in [0.2, 0.25) is 5.91 Å². The predicted octanol–water partition coefficient (Wildman–Crippen LogP) is 6.20. The van der Waals surface area contributed by atoms with Gasteiger partial charge in [-0.05, 0) is 60.4 Å². The van der Waals surface area contributed by atoms with E-state index in [4.69, 9.17) is 0 Å². The first kappa shape index (κ1) is 22.1. The van der Waals surface area contributed by atoms with Crippen LogP contribution in [0.3, 0.4) is 0 Å². The van der Waals surface area contributed by atoms with E-state index >= 15 is 0 Å². The van der Waals surface area contributed by atoms with Crippen molar-refractivity contribution < 1.29 is 14.0 Å². The molecular formula is C26H25FN2O2S. The molecule has 6 heteroatoms. The van der Waals surface area contributed by atoms with E-state index in [9.17, 15) is 14.0 Å². The number of amides is 2. The molecule has 3 aromatic rings. The largest absolute Gasteiger partial charge is 0.322 e. The van der Waals surface area contributed by atoms with Crippen LogP contribution in [-0.4, -0.2) is 17.6 Å². The number of carbonyl (C=O) groups excluding carboxylic acids is 2. The molecule has 32 heavy (non-hydrogen) atoms. The topological polar surface area (TPSA) is 49.4 Å². The average molecular weight is 449 g/mol. The molecule has 1 aliphatic rings. The number of nitrogens with zero attached hydrogens (tertiary/aromatic N) is 1. The molecular weight excluding hydrogens is 423 g/mol. The summed E-state index contributed by atoms with van der Waals surface area (Å²) in [5.41, 5.74) is 3.55. The molecule has 2 amide bonds. The van der Waals surface area contributed by atoms with Crippen LogP contribution in [0.1, 0.15) is 46.6 Å². The van der Waals surface area contributed by atoms with Gasteiger partial charge in [-0.2, -0.15) is 0 Å². The summed E-state index contributed by atoms with van der Waals surface area (Å²) in [5, 5.41) is 2.58. The van der Waals surface area contributed by atoms with Crippen molar-refractivity contribution >= 4 is 35.0 Å². The molecule has 4 nitrogen and oxygen atoms in total. The molecule has 0 spiro atoms. The number of anilines is 2. The molecule has 1 fully saturated rings. The second-order valence-corrected chi connectivity index (χ2v) is 8.83. The van der Waals surface area contributed by atoms with Crippen molar-refractivity contribution in [2.45, 2.75) is 31.6 Å². The van der Waals surface area contributed by atoms with Crippen molar-refractivity contribution in [2.75, 3.05) is 16.0 Å². The summed E-state index contributed by atoms with van der Waals surface area (Å²) in [6, 6.07) is 21.3. The Balaban J connectivity index is 1.51. The molecule has 0 bridgehead atoms. The summed E-state index contributed by atoms with van der Waals surface area (Å²) >= 11 is 1.44. The second kappa shape index (κ2) is 10.0. The fourth-order valence-electron chi connectivity index (χ4n) is 3.76. The molecule has 1 aliphatic heterocycles. The predicted molar refractivity (Wildman–Crippen MR) is 129 cm³/mol. The Bertz CT molecular complexity index is 1120. The van der Waals surface area contributed by atoms with Gasteiger partial charge in [0, 0.05) is 11.3 Å². The van der Waals surface area contributed by atoms with E-state index in [1.807, 2.05) is 48.5 Å². The molecule has 3 aromatic carbocycles. The van der Waals surface area contributed by atoms with Crippen LogP contribution in [0.25, 0.3) is 0 Å². The third kappa shape index (κ3) is 4.86. The monoisotopic (exact) mass is 448 g/mol. The van der Waals surface area contributed by atoms with Crippen molar-refractivity contribution in [2.24, 2.45) is 0 Å². The van der Waals surface area contributed by atoms with Crippen molar-refractivity contribution in [3.63, 3.8) is 0 Å². The zero-order valence-corrected chi connectivity index (χ0v) is 18.7. The quantitative estimate of drug-likeness (QED) is 0.468. The van der Waals surface area contributed by atoms with Crippen molar-refractivity contribution in [3.8, 4) is 0 Å². The van der Waals surface area contributed by atoms with Gasteiger partial charge in [-0.1, -0.05) is 49.7 Å². The maximum Gasteiger partial charge on any atom is 0.255 e. The van der Waals surface area contributed by atoms with E-state index in [1.165, 1.54) is 28.3 Å². The molecule has 0 aromatic heterocycles. The number of hydrogen-bond donors (Lipinski definition) is 1. The SMILES string of the molecule is CCCCc1ccc(C(=O)Nc2cccc([C@@H]3SCC(=O)N3c3ccccc3F)c2)cc1. The van der Waals surface area contributed by atoms with Crippen LogP contribution >= 0.6 is 11.8 Å². The van der Waals surface area contributed by atoms with Crippen LogP contribution in [-0.2, 0) is 11.2 Å². The standard InChI is InChI=1S/C26H25FN2O2S/c1-2-3-7-18-12-14-19(15-13-18)25(31)28-21-9-6-8-20(16-21)26-29(24(30)17-32-26)23-11-5-4-10-22(23)27/h4-6,8-16,26H,2-3,7,17H2,1H3,(H,28,31)/t26-/m0/s1. The first-order chi connectivity index (χ1) is 15.6. The van der Waals surface area contributed by atoms with Crippen LogP contribution in [0, 0.1) is 5.82 Å². The van der Waals surface area contributed by atoms with Gasteiger partial charge in [0.05, 0.1) is 11.4 Å². The fourth-order valence-corrected chi connectivity index (χ4v) is 4.91. The minimum Gasteiger partial charge on any atom is -0.322 e. The third-order valence-electron chi connectivity index (χ3n) is 5.44. The molecule has 0 radical (unpaired) electrons. The maximum atomic E-state index is 14.4. The van der Waals surface area contributed by atoms with Gasteiger partial charge in [0.25, 0.3) is 5.91 Å². The van der Waals surface area contributed by atoms with Crippen LogP contribution in [0.15, 0.2) is 72.8 Å². The van der Waals surface area contributed by atoms with E-state index in [-0.39, 0.29) is 28.6 Å². The number of hydrogen-bond acceptors (Lipinski definition) is 3. The van der Waals surface area contributed by atoms with Gasteiger partial charge in [0.15, 0.2) is 0 Å². The van der Waals surface area contributed by atoms with Crippen molar-refractivity contribution in [3.05, 3.63) is 95.3 Å². The lowest BCUT2D eigenvalue weighted by Crippen LogP contribution is -2.28. The zero-order valence-electron chi connectivity index (χ0n) is 17.9. The number of unbranched alkanes of at least 4 members (excludes halogenated alkanes) is 1. The highest BCUT2D eigenvalue weighted by Gasteiger charge is 2.35. The van der Waals surface area contributed by atoms with Gasteiger partial charge >= 0.3 is 0 Å². The molecule has 1 saturated heterocycles. The summed E-state index contributed by atoms with van der Waals surface area (Å²) in [7, 11) is 0. The van der Waals surface area contributed by atoms with E-state index < -0.39 is 5.82 Å². The number of carbonyl (C=O) groups is 2. The number of aryl methyl sites for hydroxylation is 1. The van der Waals surface area contributed by atoms with E-state index in [0.717, 1.165) is 24.8 Å². The second-order valence-electron chi connectivity index (χ2n) is 7.76. The van der Waals surface area contributed by atoms with Crippen LogP contribution < -0.4 is 10.2 Å². The maximum absolute atomic E-state index is 14.4. The molecule has 1 N–H and O–H groups in total. The Hall–Kier alpha value is -3.12. The van der Waals surface area contributed by atoms with Gasteiger partial charge < -0.3 is 5.32 Å². The molecule has 0 aliphatic carbocycles.